The van der Waals surface area contributed by atoms with Crippen LogP contribution in [0.25, 0.3) is 0 Å². The zero-order chi connectivity index (χ0) is 10.7. The fourth-order valence-electron chi connectivity index (χ4n) is 1.52. The summed E-state index contributed by atoms with van der Waals surface area (Å²) in [5.41, 5.74) is 0. The van der Waals surface area contributed by atoms with Crippen LogP contribution in [0.2, 0.25) is 9.02 Å². The van der Waals surface area contributed by atoms with E-state index in [0.29, 0.717) is 9.02 Å². The van der Waals surface area contributed by atoms with E-state index in [1.807, 2.05) is 24.3 Å². The van der Waals surface area contributed by atoms with Crippen LogP contribution in [-0.2, 0) is 20.7 Å². The zero-order valence-electron chi connectivity index (χ0n) is 8.44. The summed E-state index contributed by atoms with van der Waals surface area (Å²) in [6.07, 6.45) is 16.5. The summed E-state index contributed by atoms with van der Waals surface area (Å²) in [5.74, 6) is 0. The number of carbonyl (C=O) groups excluding carboxylic acids is 1. The maximum absolute atomic E-state index is 11.8. The van der Waals surface area contributed by atoms with Crippen molar-refractivity contribution in [2.75, 3.05) is 7.11 Å². The van der Waals surface area contributed by atoms with Gasteiger partial charge in [0.25, 0.3) is 0 Å². The van der Waals surface area contributed by atoms with Crippen LogP contribution in [0.1, 0.15) is 0 Å². The third-order valence-corrected chi connectivity index (χ3v) is 7.22. The molecule has 0 N–H and O–H groups in total. The molecule has 2 nitrogen and oxygen atoms in total. The Bertz CT molecular complexity index is 314. The minimum absolute atomic E-state index is 0.00204. The van der Waals surface area contributed by atoms with Gasteiger partial charge in [-0.15, -0.1) is 0 Å². The van der Waals surface area contributed by atoms with E-state index in [4.69, 9.17) is 4.74 Å². The Morgan fingerprint density at radius 1 is 1.00 bits per heavy atom. The molecule has 2 aliphatic carbocycles. The Morgan fingerprint density at radius 2 is 1.40 bits per heavy atom. The van der Waals surface area contributed by atoms with E-state index in [1.165, 1.54) is 7.11 Å². The second-order valence-electron chi connectivity index (χ2n) is 3.15. The molecule has 0 heterocycles. The second-order valence-corrected chi connectivity index (χ2v) is 7.76. The van der Waals surface area contributed by atoms with Gasteiger partial charge in [-0.1, -0.05) is 0 Å². The summed E-state index contributed by atoms with van der Waals surface area (Å²) in [6.45, 7) is 0. The molecule has 81 valence electrons. The van der Waals surface area contributed by atoms with Crippen molar-refractivity contribution in [2.45, 2.75) is 9.02 Å². The Hall–Kier alpha value is -0.947. The van der Waals surface area contributed by atoms with Crippen LogP contribution in [0.15, 0.2) is 48.6 Å². The quantitative estimate of drug-likeness (QED) is 0.746. The van der Waals surface area contributed by atoms with Crippen LogP contribution < -0.4 is 0 Å². The van der Waals surface area contributed by atoms with E-state index in [-0.39, 0.29) is 4.56 Å². The van der Waals surface area contributed by atoms with Crippen molar-refractivity contribution in [3.63, 3.8) is 0 Å². The topological polar surface area (TPSA) is 26.3 Å². The predicted octanol–water partition coefficient (Wildman–Crippen LogP) is 3.20. The summed E-state index contributed by atoms with van der Waals surface area (Å²) in [5, 5.41) is 0. The summed E-state index contributed by atoms with van der Waals surface area (Å²) in [4.78, 5) is 11.8. The Morgan fingerprint density at radius 3 is 1.73 bits per heavy atom. The van der Waals surface area contributed by atoms with Crippen LogP contribution in [0.5, 0.6) is 0 Å². The molecule has 2 rings (SSSR count). The summed E-state index contributed by atoms with van der Waals surface area (Å²) in [6, 6.07) is 0. The molecule has 0 aromatic carbocycles. The second kappa shape index (κ2) is 4.72. The fraction of sp³-hybridized carbons (Fsp3) is 0.250. The van der Waals surface area contributed by atoms with Gasteiger partial charge < -0.3 is 0 Å². The number of hydrogen-bond donors (Lipinski definition) is 0. The molecule has 0 amide bonds. The molecule has 2 aliphatic rings. The molecule has 0 saturated carbocycles. The number of ether oxygens (including phenoxy) is 1. The van der Waals surface area contributed by atoms with Gasteiger partial charge in [-0.3, -0.25) is 0 Å². The first kappa shape index (κ1) is 10.6. The molecule has 0 saturated heterocycles. The molecular weight excluding hydrogens is 277 g/mol. The van der Waals surface area contributed by atoms with Crippen molar-refractivity contribution in [1.82, 2.24) is 0 Å². The monoisotopic (exact) mass is 291 g/mol. The molecule has 0 fully saturated rings. The van der Waals surface area contributed by atoms with Gasteiger partial charge in [-0.05, 0) is 0 Å². The first-order chi connectivity index (χ1) is 7.33. The van der Waals surface area contributed by atoms with Gasteiger partial charge in [0.1, 0.15) is 0 Å². The molecule has 0 spiro atoms. The first-order valence-corrected chi connectivity index (χ1v) is 7.61. The Kier molecular flexibility index (Phi) is 3.32. The van der Waals surface area contributed by atoms with Crippen LogP contribution in [0.4, 0.5) is 4.79 Å². The van der Waals surface area contributed by atoms with E-state index >= 15 is 0 Å². The molecular formula is C12H13O2Ru. The first-order valence-electron chi connectivity index (χ1n) is 4.73. The third kappa shape index (κ3) is 2.18. The number of hydrogen-bond acceptors (Lipinski definition) is 2. The summed E-state index contributed by atoms with van der Waals surface area (Å²) in [7, 11) is 1.48. The van der Waals surface area contributed by atoms with Gasteiger partial charge >= 0.3 is 94.8 Å². The Labute approximate surface area is 94.9 Å². The van der Waals surface area contributed by atoms with Gasteiger partial charge in [0.05, 0.1) is 0 Å². The molecule has 3 heteroatoms. The molecule has 0 aromatic heterocycles. The van der Waals surface area contributed by atoms with Crippen molar-refractivity contribution >= 4 is 4.56 Å². The number of methoxy groups -OCH3 is 1. The maximum atomic E-state index is 11.8. The van der Waals surface area contributed by atoms with Crippen molar-refractivity contribution in [2.24, 2.45) is 0 Å². The summed E-state index contributed by atoms with van der Waals surface area (Å²) < 4.78 is 5.54. The SMILES string of the molecule is CO[C](=O)[Ru]([CH]1C=CC=C1)[CH]1C=CC=C1. The normalized spacial score (nSPS) is 20.2. The van der Waals surface area contributed by atoms with Crippen LogP contribution in [0, 0.1) is 0 Å². The fourth-order valence-corrected chi connectivity index (χ4v) is 5.87. The van der Waals surface area contributed by atoms with E-state index in [2.05, 4.69) is 24.3 Å². The zero-order valence-corrected chi connectivity index (χ0v) is 10.2. The van der Waals surface area contributed by atoms with Crippen LogP contribution >= 0.6 is 0 Å². The summed E-state index contributed by atoms with van der Waals surface area (Å²) >= 11 is -1.69. The van der Waals surface area contributed by atoms with Crippen molar-refractivity contribution < 1.29 is 25.5 Å². The van der Waals surface area contributed by atoms with Gasteiger partial charge in [0.15, 0.2) is 0 Å². The van der Waals surface area contributed by atoms with Crippen LogP contribution in [0.3, 0.4) is 0 Å². The minimum atomic E-state index is -1.69. The molecule has 0 radical (unpaired) electrons. The van der Waals surface area contributed by atoms with Crippen molar-refractivity contribution in [3.05, 3.63) is 48.6 Å². The third-order valence-electron chi connectivity index (χ3n) is 2.21. The average Bonchev–Trinajstić information content (AvgIpc) is 2.90. The van der Waals surface area contributed by atoms with Crippen molar-refractivity contribution in [1.29, 1.82) is 0 Å². The molecule has 15 heavy (non-hydrogen) atoms. The van der Waals surface area contributed by atoms with Crippen LogP contribution in [-0.4, -0.2) is 11.7 Å². The number of rotatable bonds is 3. The van der Waals surface area contributed by atoms with Gasteiger partial charge in [-0.2, -0.15) is 0 Å². The number of allylic oxidation sites excluding steroid dienone is 8. The van der Waals surface area contributed by atoms with E-state index < -0.39 is 16.0 Å². The standard InChI is InChI=1S/2C5H5.C2H3O2.Ru/c2*1-2-4-5-3-1;1-4-2-3;/h2*1-5H;1H3;. The van der Waals surface area contributed by atoms with Gasteiger partial charge in [0, 0.05) is 0 Å². The van der Waals surface area contributed by atoms with E-state index in [1.54, 1.807) is 0 Å². The predicted molar refractivity (Wildman–Crippen MR) is 56.5 cm³/mol. The van der Waals surface area contributed by atoms with E-state index in [9.17, 15) is 4.79 Å². The number of carbonyl (C=O) groups is 1. The van der Waals surface area contributed by atoms with Gasteiger partial charge in [0.2, 0.25) is 0 Å². The Balaban J connectivity index is 2.19. The average molecular weight is 290 g/mol. The molecule has 0 aromatic rings. The molecule has 0 atom stereocenters. The van der Waals surface area contributed by atoms with Crippen molar-refractivity contribution in [3.8, 4) is 0 Å². The van der Waals surface area contributed by atoms with Gasteiger partial charge in [-0.25, -0.2) is 0 Å². The molecule has 0 bridgehead atoms. The molecule has 0 unspecified atom stereocenters. The molecule has 0 aliphatic heterocycles. The van der Waals surface area contributed by atoms with E-state index in [0.717, 1.165) is 0 Å².